The predicted molar refractivity (Wildman–Crippen MR) is 77.8 cm³/mol. The lowest BCUT2D eigenvalue weighted by Crippen LogP contribution is -2.31. The Hall–Kier alpha value is -0.880. The van der Waals surface area contributed by atoms with Crippen LogP contribution in [0.3, 0.4) is 0 Å². The maximum atomic E-state index is 12.3. The van der Waals surface area contributed by atoms with Crippen molar-refractivity contribution in [2.24, 2.45) is 0 Å². The first-order valence-corrected chi connectivity index (χ1v) is 9.87. The predicted octanol–water partition coefficient (Wildman–Crippen LogP) is 2.71. The molecule has 0 atom stereocenters. The Labute approximate surface area is 115 Å². The summed E-state index contributed by atoms with van der Waals surface area (Å²) in [6.07, 6.45) is 8.82. The van der Waals surface area contributed by atoms with Gasteiger partial charge in [0.25, 0.3) is 17.7 Å². The Bertz CT molecular complexity index is 574. The largest absolute Gasteiger partial charge is 0.282 e. The van der Waals surface area contributed by atoms with E-state index in [-0.39, 0.29) is 4.91 Å². The van der Waals surface area contributed by atoms with Gasteiger partial charge in [-0.15, -0.1) is 0 Å². The third-order valence-corrected chi connectivity index (χ3v) is 9.22. The van der Waals surface area contributed by atoms with E-state index in [1.807, 2.05) is 0 Å². The Morgan fingerprint density at radius 3 is 2.16 bits per heavy atom. The number of rotatable bonds is 5. The van der Waals surface area contributed by atoms with Gasteiger partial charge in [-0.2, -0.15) is 0 Å². The molecule has 0 heterocycles. The highest BCUT2D eigenvalue weighted by atomic mass is 33.2. The van der Waals surface area contributed by atoms with Crippen molar-refractivity contribution in [2.75, 3.05) is 0 Å². The van der Waals surface area contributed by atoms with Crippen molar-refractivity contribution in [3.05, 3.63) is 35.8 Å². The summed E-state index contributed by atoms with van der Waals surface area (Å²) in [6, 6.07) is 0. The highest BCUT2D eigenvalue weighted by Gasteiger charge is 2.40. The summed E-state index contributed by atoms with van der Waals surface area (Å²) in [6.45, 7) is 5.11. The van der Waals surface area contributed by atoms with Crippen molar-refractivity contribution in [1.29, 1.82) is 0 Å². The van der Waals surface area contributed by atoms with Crippen LogP contribution in [0.4, 0.5) is 0 Å². The third kappa shape index (κ3) is 3.36. The SMILES string of the molecule is C=C/C(=C\C=C\C)S(=O)(=O)S(=O)(=O)C1CCCCC1. The zero-order chi connectivity index (χ0) is 14.5. The van der Waals surface area contributed by atoms with Crippen molar-refractivity contribution in [3.8, 4) is 0 Å². The fourth-order valence-electron chi connectivity index (χ4n) is 2.11. The van der Waals surface area contributed by atoms with Gasteiger partial charge in [-0.25, -0.2) is 16.8 Å². The molecule has 0 aliphatic heterocycles. The second-order valence-corrected chi connectivity index (χ2v) is 10.2. The summed E-state index contributed by atoms with van der Waals surface area (Å²) in [5.74, 6) is 0. The Balaban J connectivity index is 3.20. The Kier molecular flexibility index (Phi) is 5.55. The molecule has 108 valence electrons. The minimum absolute atomic E-state index is 0.254. The lowest BCUT2D eigenvalue weighted by Gasteiger charge is -2.21. The van der Waals surface area contributed by atoms with Gasteiger partial charge >= 0.3 is 0 Å². The number of allylic oxidation sites excluding steroid dienone is 4. The van der Waals surface area contributed by atoms with E-state index in [9.17, 15) is 16.8 Å². The van der Waals surface area contributed by atoms with Gasteiger partial charge in [-0.3, -0.25) is 0 Å². The molecule has 0 aromatic carbocycles. The molecule has 1 saturated carbocycles. The molecule has 1 fully saturated rings. The summed E-state index contributed by atoms with van der Waals surface area (Å²) in [5.41, 5.74) is 0. The Morgan fingerprint density at radius 2 is 1.68 bits per heavy atom. The molecule has 0 N–H and O–H groups in total. The van der Waals surface area contributed by atoms with Gasteiger partial charge in [0, 0.05) is 0 Å². The lowest BCUT2D eigenvalue weighted by molar-refractivity contribution is 0.488. The topological polar surface area (TPSA) is 68.3 Å². The van der Waals surface area contributed by atoms with E-state index in [1.54, 1.807) is 13.0 Å². The van der Waals surface area contributed by atoms with Crippen LogP contribution >= 0.6 is 0 Å². The fourth-order valence-corrected chi connectivity index (χ4v) is 6.93. The first-order valence-electron chi connectivity index (χ1n) is 6.32. The van der Waals surface area contributed by atoms with E-state index in [1.165, 1.54) is 12.2 Å². The summed E-state index contributed by atoms with van der Waals surface area (Å²) in [4.78, 5) is -0.254. The average molecular weight is 304 g/mol. The van der Waals surface area contributed by atoms with Crippen molar-refractivity contribution in [3.63, 3.8) is 0 Å². The van der Waals surface area contributed by atoms with Gasteiger partial charge in [0.1, 0.15) is 0 Å². The summed E-state index contributed by atoms with van der Waals surface area (Å²) in [7, 11) is -8.56. The molecule has 6 heteroatoms. The van der Waals surface area contributed by atoms with Crippen molar-refractivity contribution >= 4 is 17.7 Å². The van der Waals surface area contributed by atoms with Crippen LogP contribution < -0.4 is 0 Å². The molecule has 0 aromatic heterocycles. The zero-order valence-corrected chi connectivity index (χ0v) is 12.7. The third-order valence-electron chi connectivity index (χ3n) is 3.21. The standard InChI is InChI=1S/C13H20O4S2/c1-3-5-9-12(4-2)18(14,15)19(16,17)13-10-7-6-8-11-13/h3-5,9,13H,2,6-8,10-11H2,1H3/b5-3+,12-9+. The van der Waals surface area contributed by atoms with E-state index in [2.05, 4.69) is 6.58 Å². The fraction of sp³-hybridized carbons (Fsp3) is 0.538. The van der Waals surface area contributed by atoms with Crippen molar-refractivity contribution in [1.82, 2.24) is 0 Å². The smallest absolute Gasteiger partial charge is 0.212 e. The highest BCUT2D eigenvalue weighted by Crippen LogP contribution is 2.30. The van der Waals surface area contributed by atoms with Gasteiger partial charge in [0.05, 0.1) is 10.2 Å². The molecular weight excluding hydrogens is 284 g/mol. The van der Waals surface area contributed by atoms with Crippen LogP contribution in [-0.2, 0) is 17.7 Å². The van der Waals surface area contributed by atoms with Gasteiger partial charge < -0.3 is 0 Å². The molecule has 0 saturated heterocycles. The van der Waals surface area contributed by atoms with Crippen LogP contribution in [0.2, 0.25) is 0 Å². The van der Waals surface area contributed by atoms with Gasteiger partial charge in [-0.1, -0.05) is 38.0 Å². The first-order chi connectivity index (χ1) is 8.87. The quantitative estimate of drug-likeness (QED) is 0.578. The summed E-state index contributed by atoms with van der Waals surface area (Å²) < 4.78 is 49.0. The molecular formula is C13H20O4S2. The molecule has 1 aliphatic carbocycles. The molecule has 4 nitrogen and oxygen atoms in total. The van der Waals surface area contributed by atoms with Crippen LogP contribution in [0.25, 0.3) is 0 Å². The van der Waals surface area contributed by atoms with E-state index in [4.69, 9.17) is 0 Å². The van der Waals surface area contributed by atoms with Crippen LogP contribution in [0.15, 0.2) is 35.8 Å². The maximum Gasteiger partial charge on any atom is 0.282 e. The minimum atomic E-state index is -4.36. The molecule has 0 radical (unpaired) electrons. The molecule has 0 aromatic rings. The van der Waals surface area contributed by atoms with Crippen LogP contribution in [0, 0.1) is 0 Å². The van der Waals surface area contributed by atoms with Gasteiger partial charge in [0.15, 0.2) is 0 Å². The molecule has 0 unspecified atom stereocenters. The average Bonchev–Trinajstić information content (AvgIpc) is 2.40. The Morgan fingerprint density at radius 1 is 1.11 bits per heavy atom. The lowest BCUT2D eigenvalue weighted by atomic mass is 10.0. The zero-order valence-electron chi connectivity index (χ0n) is 11.1. The van der Waals surface area contributed by atoms with Crippen LogP contribution in [0.1, 0.15) is 39.0 Å². The van der Waals surface area contributed by atoms with Gasteiger partial charge in [-0.05, 0) is 31.9 Å². The molecule has 0 bridgehead atoms. The van der Waals surface area contributed by atoms with Crippen molar-refractivity contribution in [2.45, 2.75) is 44.3 Å². The normalized spacial score (nSPS) is 19.7. The number of hydrogen-bond donors (Lipinski definition) is 0. The summed E-state index contributed by atoms with van der Waals surface area (Å²) in [5, 5.41) is -0.778. The second-order valence-electron chi connectivity index (χ2n) is 4.51. The van der Waals surface area contributed by atoms with E-state index in [0.29, 0.717) is 12.8 Å². The molecule has 1 aliphatic rings. The van der Waals surface area contributed by atoms with E-state index < -0.39 is 23.0 Å². The van der Waals surface area contributed by atoms with Crippen molar-refractivity contribution < 1.29 is 16.8 Å². The summed E-state index contributed by atoms with van der Waals surface area (Å²) >= 11 is 0. The second kappa shape index (κ2) is 6.52. The molecule has 0 amide bonds. The van der Waals surface area contributed by atoms with Gasteiger partial charge in [0.2, 0.25) is 0 Å². The first kappa shape index (κ1) is 16.2. The van der Waals surface area contributed by atoms with Crippen LogP contribution in [0.5, 0.6) is 0 Å². The highest BCUT2D eigenvalue weighted by molar-refractivity contribution is 8.68. The number of hydrogen-bond acceptors (Lipinski definition) is 4. The van der Waals surface area contributed by atoms with E-state index in [0.717, 1.165) is 25.3 Å². The van der Waals surface area contributed by atoms with E-state index >= 15 is 0 Å². The molecule has 19 heavy (non-hydrogen) atoms. The monoisotopic (exact) mass is 304 g/mol. The van der Waals surface area contributed by atoms with Crippen LogP contribution in [-0.4, -0.2) is 22.1 Å². The maximum absolute atomic E-state index is 12.3. The minimum Gasteiger partial charge on any atom is -0.212 e. The molecule has 0 spiro atoms. The molecule has 1 rings (SSSR count).